The Kier molecular flexibility index (Phi) is 3.33. The van der Waals surface area contributed by atoms with E-state index in [1.54, 1.807) is 0 Å². The number of carbonyl (C=O) groups excluding carboxylic acids is 1. The van der Waals surface area contributed by atoms with Crippen LogP contribution in [-0.4, -0.2) is 21.8 Å². The van der Waals surface area contributed by atoms with Gasteiger partial charge in [0.25, 0.3) is 0 Å². The summed E-state index contributed by atoms with van der Waals surface area (Å²) in [4.78, 5) is 24.1. The third kappa shape index (κ3) is 2.35. The van der Waals surface area contributed by atoms with Crippen molar-refractivity contribution in [2.24, 2.45) is 0 Å². The number of aromatic nitrogens is 1. The minimum absolute atomic E-state index is 0.330. The molecule has 1 unspecified atom stereocenters. The molecule has 3 rings (SSSR count). The molecule has 6 heteroatoms. The molecule has 1 aliphatic rings. The smallest absolute Gasteiger partial charge is 0.408 e. The lowest BCUT2D eigenvalue weighted by atomic mass is 10.0. The number of hydrogen-bond donors (Lipinski definition) is 2. The van der Waals surface area contributed by atoms with Gasteiger partial charge in [0, 0.05) is 0 Å². The van der Waals surface area contributed by atoms with Crippen molar-refractivity contribution in [1.29, 1.82) is 0 Å². The maximum absolute atomic E-state index is 12.1. The first-order valence-electron chi connectivity index (χ1n) is 7.11. The van der Waals surface area contributed by atoms with E-state index in [4.69, 9.17) is 4.42 Å². The van der Waals surface area contributed by atoms with Crippen LogP contribution in [0, 0.1) is 0 Å². The first kappa shape index (κ1) is 13.9. The van der Waals surface area contributed by atoms with Crippen LogP contribution in [0.2, 0.25) is 0 Å². The molecule has 1 amide bonds. The molecule has 0 radical (unpaired) electrons. The summed E-state index contributed by atoms with van der Waals surface area (Å²) >= 11 is 0. The highest BCUT2D eigenvalue weighted by molar-refractivity contribution is 5.84. The summed E-state index contributed by atoms with van der Waals surface area (Å²) in [5, 5.41) is 11.9. The van der Waals surface area contributed by atoms with Crippen LogP contribution < -0.4 is 11.1 Å². The molecule has 1 saturated heterocycles. The Bertz CT molecular complexity index is 744. The Morgan fingerprint density at radius 2 is 2.10 bits per heavy atom. The Hall–Kier alpha value is -2.08. The van der Waals surface area contributed by atoms with Crippen LogP contribution in [0.4, 0.5) is 0 Å². The van der Waals surface area contributed by atoms with Crippen molar-refractivity contribution in [3.05, 3.63) is 34.3 Å². The summed E-state index contributed by atoms with van der Waals surface area (Å²) in [6, 6.07) is 4.96. The molecule has 0 spiro atoms. The van der Waals surface area contributed by atoms with Gasteiger partial charge in [0.15, 0.2) is 5.58 Å². The molecule has 6 nitrogen and oxygen atoms in total. The fraction of sp³-hybridized carbons (Fsp3) is 0.467. The van der Waals surface area contributed by atoms with E-state index >= 15 is 0 Å². The second-order valence-corrected chi connectivity index (χ2v) is 5.74. The molecule has 2 atom stereocenters. The Morgan fingerprint density at radius 1 is 1.33 bits per heavy atom. The van der Waals surface area contributed by atoms with E-state index in [-0.39, 0.29) is 5.91 Å². The van der Waals surface area contributed by atoms with E-state index in [1.807, 2.05) is 18.2 Å². The molecule has 1 aliphatic heterocycles. The van der Waals surface area contributed by atoms with Gasteiger partial charge in [-0.05, 0) is 36.5 Å². The van der Waals surface area contributed by atoms with E-state index in [0.717, 1.165) is 5.56 Å². The van der Waals surface area contributed by atoms with Crippen LogP contribution in [0.5, 0.6) is 0 Å². The first-order valence-corrected chi connectivity index (χ1v) is 7.11. The number of fused-ring (bicyclic) bond motifs is 1. The molecule has 2 N–H and O–H groups in total. The van der Waals surface area contributed by atoms with Gasteiger partial charge in [-0.2, -0.15) is 0 Å². The predicted molar refractivity (Wildman–Crippen MR) is 77.0 cm³/mol. The van der Waals surface area contributed by atoms with Crippen molar-refractivity contribution in [1.82, 2.24) is 9.88 Å². The van der Waals surface area contributed by atoms with Crippen molar-refractivity contribution in [2.45, 2.75) is 44.9 Å². The van der Waals surface area contributed by atoms with E-state index in [0.29, 0.717) is 29.9 Å². The van der Waals surface area contributed by atoms with E-state index < -0.39 is 18.0 Å². The molecule has 2 heterocycles. The van der Waals surface area contributed by atoms with Crippen LogP contribution in [0.3, 0.4) is 0 Å². The second-order valence-electron chi connectivity index (χ2n) is 5.74. The highest BCUT2D eigenvalue weighted by Crippen LogP contribution is 2.26. The number of oxazole rings is 1. The fourth-order valence-corrected chi connectivity index (χ4v) is 2.73. The highest BCUT2D eigenvalue weighted by atomic mass is 16.4. The number of nitrogens with zero attached hydrogens (tertiary/aromatic N) is 1. The molecule has 21 heavy (non-hydrogen) atoms. The van der Waals surface area contributed by atoms with Crippen molar-refractivity contribution in [3.8, 4) is 0 Å². The third-order valence-corrected chi connectivity index (χ3v) is 3.94. The molecule has 0 saturated carbocycles. The van der Waals surface area contributed by atoms with Gasteiger partial charge in [0.05, 0.1) is 5.52 Å². The zero-order chi connectivity index (χ0) is 15.1. The van der Waals surface area contributed by atoms with Crippen molar-refractivity contribution in [2.75, 3.05) is 0 Å². The molecule has 2 aromatic rings. The summed E-state index contributed by atoms with van der Waals surface area (Å²) in [6.07, 6.45) is -0.0114. The van der Waals surface area contributed by atoms with E-state index in [1.165, 1.54) is 4.57 Å². The van der Waals surface area contributed by atoms with E-state index in [2.05, 4.69) is 19.2 Å². The van der Waals surface area contributed by atoms with Gasteiger partial charge in [-0.1, -0.05) is 19.9 Å². The minimum atomic E-state index is -0.838. The average Bonchev–Trinajstić information content (AvgIpc) is 2.74. The largest absolute Gasteiger partial charge is 0.420 e. The molecular formula is C15H18N2O4. The number of rotatable bonds is 2. The number of aliphatic hydroxyl groups is 1. The predicted octanol–water partition coefficient (Wildman–Crippen LogP) is 1.49. The Labute approximate surface area is 121 Å². The van der Waals surface area contributed by atoms with Crippen LogP contribution in [0.25, 0.3) is 11.1 Å². The molecule has 0 aliphatic carbocycles. The monoisotopic (exact) mass is 290 g/mol. The van der Waals surface area contributed by atoms with Crippen LogP contribution in [-0.2, 0) is 4.79 Å². The quantitative estimate of drug-likeness (QED) is 0.877. The molecule has 1 aromatic heterocycles. The summed E-state index contributed by atoms with van der Waals surface area (Å²) < 4.78 is 6.66. The Morgan fingerprint density at radius 3 is 2.76 bits per heavy atom. The van der Waals surface area contributed by atoms with Crippen molar-refractivity contribution < 1.29 is 14.3 Å². The first-order chi connectivity index (χ1) is 9.97. The number of benzene rings is 1. The zero-order valence-electron chi connectivity index (χ0n) is 12.0. The number of nitrogens with one attached hydrogen (secondary N) is 1. The summed E-state index contributed by atoms with van der Waals surface area (Å²) in [6.45, 7) is 4.12. The van der Waals surface area contributed by atoms with Crippen LogP contribution >= 0.6 is 0 Å². The number of aliphatic hydroxyl groups excluding tert-OH is 1. The van der Waals surface area contributed by atoms with Gasteiger partial charge < -0.3 is 14.8 Å². The minimum Gasteiger partial charge on any atom is -0.408 e. The van der Waals surface area contributed by atoms with Gasteiger partial charge in [-0.15, -0.1) is 0 Å². The second kappa shape index (κ2) is 5.04. The van der Waals surface area contributed by atoms with Crippen molar-refractivity contribution >= 4 is 17.0 Å². The summed E-state index contributed by atoms with van der Waals surface area (Å²) in [7, 11) is 0. The highest BCUT2D eigenvalue weighted by Gasteiger charge is 2.31. The van der Waals surface area contributed by atoms with Crippen molar-refractivity contribution in [3.63, 3.8) is 0 Å². The number of piperidine rings is 1. The van der Waals surface area contributed by atoms with Gasteiger partial charge >= 0.3 is 5.76 Å². The van der Waals surface area contributed by atoms with E-state index in [9.17, 15) is 14.7 Å². The SMILES string of the molecule is CC(C)c1ccc2c(c1)oc(=O)n2[C@H]1CCC(O)NC1=O. The lowest BCUT2D eigenvalue weighted by Gasteiger charge is -2.26. The number of hydrogen-bond acceptors (Lipinski definition) is 4. The molecule has 1 fully saturated rings. The number of amides is 1. The zero-order valence-corrected chi connectivity index (χ0v) is 12.0. The molecule has 0 bridgehead atoms. The third-order valence-electron chi connectivity index (χ3n) is 3.94. The normalized spacial score (nSPS) is 22.8. The van der Waals surface area contributed by atoms with Crippen LogP contribution in [0.15, 0.2) is 27.4 Å². The Balaban J connectivity index is 2.09. The van der Waals surface area contributed by atoms with Gasteiger partial charge in [0.1, 0.15) is 12.3 Å². The number of carbonyl (C=O) groups is 1. The molecule has 112 valence electrons. The average molecular weight is 290 g/mol. The lowest BCUT2D eigenvalue weighted by Crippen LogP contribution is -2.46. The van der Waals surface area contributed by atoms with Gasteiger partial charge in [-0.25, -0.2) is 4.79 Å². The maximum atomic E-state index is 12.1. The van der Waals surface area contributed by atoms with Crippen LogP contribution in [0.1, 0.15) is 44.2 Å². The molecular weight excluding hydrogens is 272 g/mol. The summed E-state index contributed by atoms with van der Waals surface area (Å²) in [5.41, 5.74) is 2.18. The lowest BCUT2D eigenvalue weighted by molar-refractivity contribution is -0.130. The maximum Gasteiger partial charge on any atom is 0.420 e. The van der Waals surface area contributed by atoms with Gasteiger partial charge in [-0.3, -0.25) is 9.36 Å². The van der Waals surface area contributed by atoms with Gasteiger partial charge in [0.2, 0.25) is 5.91 Å². The summed E-state index contributed by atoms with van der Waals surface area (Å²) in [5.74, 6) is -0.565. The standard InChI is InChI=1S/C15H18N2O4/c1-8(2)9-3-4-10-12(7-9)21-15(20)17(10)11-5-6-13(18)16-14(11)19/h3-4,7-8,11,13,18H,5-6H2,1-2H3,(H,16,19)/t11-,13?/m0/s1. The molecule has 1 aromatic carbocycles. The topological polar surface area (TPSA) is 84.5 Å². The fourth-order valence-electron chi connectivity index (χ4n) is 2.73.